The Labute approximate surface area is 125 Å². The van der Waals surface area contributed by atoms with E-state index >= 15 is 0 Å². The van der Waals surface area contributed by atoms with Crippen LogP contribution in [0.1, 0.15) is 36.0 Å². The van der Waals surface area contributed by atoms with Crippen LogP contribution in [0.15, 0.2) is 24.3 Å². The summed E-state index contributed by atoms with van der Waals surface area (Å²) in [6.07, 6.45) is 3.58. The fraction of sp³-hybridized carbons (Fsp3) is 0.500. The molecule has 0 spiro atoms. The van der Waals surface area contributed by atoms with Crippen LogP contribution in [0.2, 0.25) is 0 Å². The Morgan fingerprint density at radius 2 is 1.95 bits per heavy atom. The summed E-state index contributed by atoms with van der Waals surface area (Å²) in [6.45, 7) is 0.540. The summed E-state index contributed by atoms with van der Waals surface area (Å²) in [4.78, 5) is 25.8. The van der Waals surface area contributed by atoms with Gasteiger partial charge in [-0.1, -0.05) is 18.6 Å². The highest BCUT2D eigenvalue weighted by atomic mass is 16.2. The van der Waals surface area contributed by atoms with Crippen molar-refractivity contribution in [3.63, 3.8) is 0 Å². The van der Waals surface area contributed by atoms with E-state index in [1.165, 1.54) is 4.90 Å². The topological polar surface area (TPSA) is 75.4 Å². The smallest absolute Gasteiger partial charge is 0.255 e. The van der Waals surface area contributed by atoms with Gasteiger partial charge in [0.25, 0.3) is 5.91 Å². The minimum absolute atomic E-state index is 0.0371. The van der Waals surface area contributed by atoms with Crippen LogP contribution >= 0.6 is 0 Å². The van der Waals surface area contributed by atoms with Gasteiger partial charge in [-0.05, 0) is 36.9 Å². The molecule has 0 radical (unpaired) electrons. The predicted molar refractivity (Wildman–Crippen MR) is 83.0 cm³/mol. The molecule has 1 aliphatic carbocycles. The van der Waals surface area contributed by atoms with Crippen molar-refractivity contribution in [3.8, 4) is 0 Å². The molecule has 1 aromatic carbocycles. The zero-order chi connectivity index (χ0) is 15.5. The Morgan fingerprint density at radius 3 is 2.48 bits per heavy atom. The van der Waals surface area contributed by atoms with Gasteiger partial charge in [-0.25, -0.2) is 0 Å². The standard InChI is InChI=1S/C16H23N3O2/c1-19(2)15(21)12-6-3-4-7-13(12)18-14(20)10-16(11-17)8-5-9-16/h3-4,6-7H,5,8-11,17H2,1-2H3,(H,18,20). The maximum Gasteiger partial charge on any atom is 0.255 e. The normalized spacial score (nSPS) is 16.0. The van der Waals surface area contributed by atoms with Crippen LogP contribution in [0.3, 0.4) is 0 Å². The van der Waals surface area contributed by atoms with E-state index in [-0.39, 0.29) is 17.2 Å². The van der Waals surface area contributed by atoms with Crippen LogP contribution in [0.25, 0.3) is 0 Å². The summed E-state index contributed by atoms with van der Waals surface area (Å²) in [5, 5.41) is 2.86. The first-order chi connectivity index (χ1) is 9.97. The largest absolute Gasteiger partial charge is 0.345 e. The second kappa shape index (κ2) is 6.26. The van der Waals surface area contributed by atoms with E-state index in [2.05, 4.69) is 5.32 Å². The molecule has 3 N–H and O–H groups in total. The van der Waals surface area contributed by atoms with Crippen molar-refractivity contribution < 1.29 is 9.59 Å². The highest BCUT2D eigenvalue weighted by Crippen LogP contribution is 2.43. The molecule has 5 heteroatoms. The van der Waals surface area contributed by atoms with E-state index in [4.69, 9.17) is 5.73 Å². The molecule has 0 bridgehead atoms. The van der Waals surface area contributed by atoms with E-state index in [0.29, 0.717) is 24.2 Å². The lowest BCUT2D eigenvalue weighted by Gasteiger charge is -2.40. The number of amides is 2. The van der Waals surface area contributed by atoms with Gasteiger partial charge in [-0.3, -0.25) is 9.59 Å². The van der Waals surface area contributed by atoms with E-state index in [1.54, 1.807) is 32.3 Å². The lowest BCUT2D eigenvalue weighted by atomic mass is 9.66. The van der Waals surface area contributed by atoms with Crippen molar-refractivity contribution in [1.29, 1.82) is 0 Å². The Morgan fingerprint density at radius 1 is 1.29 bits per heavy atom. The fourth-order valence-electron chi connectivity index (χ4n) is 2.68. The number of rotatable bonds is 5. The summed E-state index contributed by atoms with van der Waals surface area (Å²) < 4.78 is 0. The zero-order valence-electron chi connectivity index (χ0n) is 12.7. The monoisotopic (exact) mass is 289 g/mol. The molecule has 0 unspecified atom stereocenters. The number of nitrogens with two attached hydrogens (primary N) is 1. The molecule has 0 heterocycles. The van der Waals surface area contributed by atoms with Crippen LogP contribution in [-0.4, -0.2) is 37.4 Å². The molecule has 5 nitrogen and oxygen atoms in total. The third-order valence-electron chi connectivity index (χ3n) is 4.22. The summed E-state index contributed by atoms with van der Waals surface area (Å²) in [6, 6.07) is 7.08. The molecule has 114 valence electrons. The molecule has 0 saturated heterocycles. The van der Waals surface area contributed by atoms with Crippen molar-refractivity contribution in [3.05, 3.63) is 29.8 Å². The summed E-state index contributed by atoms with van der Waals surface area (Å²) in [7, 11) is 3.39. The number of nitrogens with zero attached hydrogens (tertiary/aromatic N) is 1. The molecular formula is C16H23N3O2. The van der Waals surface area contributed by atoms with Gasteiger partial charge in [0, 0.05) is 20.5 Å². The minimum atomic E-state index is -0.122. The van der Waals surface area contributed by atoms with E-state index in [9.17, 15) is 9.59 Å². The SMILES string of the molecule is CN(C)C(=O)c1ccccc1NC(=O)CC1(CN)CCC1. The van der Waals surface area contributed by atoms with Gasteiger partial charge in [0.1, 0.15) is 0 Å². The number of hydrogen-bond acceptors (Lipinski definition) is 3. The Balaban J connectivity index is 2.09. The van der Waals surface area contributed by atoms with Crippen LogP contribution in [0.5, 0.6) is 0 Å². The number of anilines is 1. The van der Waals surface area contributed by atoms with Gasteiger partial charge in [-0.15, -0.1) is 0 Å². The van der Waals surface area contributed by atoms with Crippen molar-refractivity contribution in [2.45, 2.75) is 25.7 Å². The first-order valence-corrected chi connectivity index (χ1v) is 7.28. The van der Waals surface area contributed by atoms with Gasteiger partial charge < -0.3 is 16.0 Å². The number of benzene rings is 1. The molecule has 21 heavy (non-hydrogen) atoms. The summed E-state index contributed by atoms with van der Waals surface area (Å²) in [5.41, 5.74) is 6.82. The van der Waals surface area contributed by atoms with E-state index in [0.717, 1.165) is 19.3 Å². The number of carbonyl (C=O) groups excluding carboxylic acids is 2. The van der Waals surface area contributed by atoms with Crippen molar-refractivity contribution >= 4 is 17.5 Å². The first-order valence-electron chi connectivity index (χ1n) is 7.28. The van der Waals surface area contributed by atoms with Gasteiger partial charge >= 0.3 is 0 Å². The lowest BCUT2D eigenvalue weighted by molar-refractivity contribution is -0.119. The molecule has 1 fully saturated rings. The molecule has 2 amide bonds. The average Bonchev–Trinajstić information content (AvgIpc) is 2.42. The Bertz CT molecular complexity index is 531. The number of para-hydroxylation sites is 1. The molecule has 2 rings (SSSR count). The highest BCUT2D eigenvalue weighted by Gasteiger charge is 2.37. The molecule has 1 aromatic rings. The number of carbonyl (C=O) groups is 2. The second-order valence-corrected chi connectivity index (χ2v) is 6.03. The quantitative estimate of drug-likeness (QED) is 0.868. The van der Waals surface area contributed by atoms with Crippen molar-refractivity contribution in [1.82, 2.24) is 4.90 Å². The first kappa shape index (κ1) is 15.5. The van der Waals surface area contributed by atoms with Crippen molar-refractivity contribution in [2.24, 2.45) is 11.1 Å². The van der Waals surface area contributed by atoms with E-state index in [1.807, 2.05) is 6.07 Å². The molecular weight excluding hydrogens is 266 g/mol. The maximum atomic E-state index is 12.2. The lowest BCUT2D eigenvalue weighted by Crippen LogP contribution is -2.40. The van der Waals surface area contributed by atoms with Crippen LogP contribution in [0.4, 0.5) is 5.69 Å². The molecule has 1 aliphatic rings. The van der Waals surface area contributed by atoms with Crippen LogP contribution < -0.4 is 11.1 Å². The van der Waals surface area contributed by atoms with Gasteiger partial charge in [0.15, 0.2) is 0 Å². The third-order valence-corrected chi connectivity index (χ3v) is 4.22. The number of nitrogens with one attached hydrogen (secondary N) is 1. The second-order valence-electron chi connectivity index (χ2n) is 6.03. The molecule has 0 aliphatic heterocycles. The maximum absolute atomic E-state index is 12.2. The van der Waals surface area contributed by atoms with Crippen LogP contribution in [-0.2, 0) is 4.79 Å². The van der Waals surface area contributed by atoms with E-state index < -0.39 is 0 Å². The zero-order valence-corrected chi connectivity index (χ0v) is 12.7. The molecule has 0 aromatic heterocycles. The highest BCUT2D eigenvalue weighted by molar-refractivity contribution is 6.03. The minimum Gasteiger partial charge on any atom is -0.345 e. The van der Waals surface area contributed by atoms with Crippen molar-refractivity contribution in [2.75, 3.05) is 26.0 Å². The average molecular weight is 289 g/mol. The van der Waals surface area contributed by atoms with Crippen LogP contribution in [0, 0.1) is 5.41 Å². The fourth-order valence-corrected chi connectivity index (χ4v) is 2.68. The predicted octanol–water partition coefficient (Wildman–Crippen LogP) is 1.85. The van der Waals surface area contributed by atoms with Gasteiger partial charge in [0.2, 0.25) is 5.91 Å². The summed E-state index contributed by atoms with van der Waals surface area (Å²) in [5.74, 6) is -0.192. The third kappa shape index (κ3) is 3.42. The Hall–Kier alpha value is -1.88. The molecule has 1 saturated carbocycles. The molecule has 0 atom stereocenters. The summed E-state index contributed by atoms with van der Waals surface area (Å²) >= 11 is 0. The van der Waals surface area contributed by atoms with Gasteiger partial charge in [-0.2, -0.15) is 0 Å². The Kier molecular flexibility index (Phi) is 4.63. The van der Waals surface area contributed by atoms with Gasteiger partial charge in [0.05, 0.1) is 11.3 Å². The number of hydrogen-bond donors (Lipinski definition) is 2.